The van der Waals surface area contributed by atoms with Crippen LogP contribution < -0.4 is 5.56 Å². The SMILES string of the molecule is C=CCn1c(-c2ccc(Cl)cc2)cnc1SCc1nc2ccsc2c(=O)[nH]1. The molecule has 1 aromatic carbocycles. The van der Waals surface area contributed by atoms with Gasteiger partial charge in [-0.1, -0.05) is 41.6 Å². The summed E-state index contributed by atoms with van der Waals surface area (Å²) < 4.78 is 2.74. The number of rotatable bonds is 6. The second kappa shape index (κ2) is 7.72. The molecule has 136 valence electrons. The third kappa shape index (κ3) is 3.71. The van der Waals surface area contributed by atoms with Gasteiger partial charge < -0.3 is 9.55 Å². The number of nitrogens with zero attached hydrogens (tertiary/aromatic N) is 3. The molecule has 4 aromatic rings. The molecule has 5 nitrogen and oxygen atoms in total. The normalized spacial score (nSPS) is 11.1. The zero-order valence-electron chi connectivity index (χ0n) is 14.2. The van der Waals surface area contributed by atoms with Crippen molar-refractivity contribution in [3.8, 4) is 11.3 Å². The molecule has 4 rings (SSSR count). The maximum absolute atomic E-state index is 12.1. The Labute approximate surface area is 168 Å². The molecule has 1 N–H and O–H groups in total. The quantitative estimate of drug-likeness (QED) is 0.357. The molecule has 0 saturated heterocycles. The molecule has 0 unspecified atom stereocenters. The van der Waals surface area contributed by atoms with E-state index in [0.29, 0.717) is 27.8 Å². The summed E-state index contributed by atoms with van der Waals surface area (Å²) in [6, 6.07) is 9.52. The zero-order valence-corrected chi connectivity index (χ0v) is 16.6. The summed E-state index contributed by atoms with van der Waals surface area (Å²) in [5.74, 6) is 1.16. The van der Waals surface area contributed by atoms with Crippen LogP contribution in [0.4, 0.5) is 0 Å². The van der Waals surface area contributed by atoms with Gasteiger partial charge in [0.1, 0.15) is 10.5 Å². The van der Waals surface area contributed by atoms with Crippen molar-refractivity contribution in [1.82, 2.24) is 19.5 Å². The number of thiophene rings is 1. The van der Waals surface area contributed by atoms with Gasteiger partial charge in [0.15, 0.2) is 5.16 Å². The summed E-state index contributed by atoms with van der Waals surface area (Å²) in [7, 11) is 0. The molecule has 0 aliphatic carbocycles. The summed E-state index contributed by atoms with van der Waals surface area (Å²) in [5.41, 5.74) is 2.66. The van der Waals surface area contributed by atoms with E-state index in [9.17, 15) is 4.79 Å². The Bertz CT molecular complexity index is 1160. The lowest BCUT2D eigenvalue weighted by Gasteiger charge is -2.09. The number of thioether (sulfide) groups is 1. The van der Waals surface area contributed by atoms with Crippen LogP contribution in [0.1, 0.15) is 5.82 Å². The Morgan fingerprint density at radius 1 is 1.30 bits per heavy atom. The van der Waals surface area contributed by atoms with Gasteiger partial charge in [0, 0.05) is 11.6 Å². The number of H-pyrrole nitrogens is 1. The van der Waals surface area contributed by atoms with Gasteiger partial charge in [-0.2, -0.15) is 0 Å². The number of aromatic nitrogens is 4. The van der Waals surface area contributed by atoms with E-state index in [-0.39, 0.29) is 5.56 Å². The van der Waals surface area contributed by atoms with Crippen molar-refractivity contribution in [2.75, 3.05) is 0 Å². The largest absolute Gasteiger partial charge is 0.315 e. The van der Waals surface area contributed by atoms with Crippen molar-refractivity contribution in [2.24, 2.45) is 0 Å². The van der Waals surface area contributed by atoms with Crippen LogP contribution in [0.15, 0.2) is 64.5 Å². The molecule has 0 saturated carbocycles. The van der Waals surface area contributed by atoms with Crippen molar-refractivity contribution >= 4 is 44.9 Å². The number of benzene rings is 1. The highest BCUT2D eigenvalue weighted by atomic mass is 35.5. The Morgan fingerprint density at radius 2 is 2.11 bits per heavy atom. The van der Waals surface area contributed by atoms with Crippen LogP contribution in [0.3, 0.4) is 0 Å². The molecule has 0 radical (unpaired) electrons. The summed E-state index contributed by atoms with van der Waals surface area (Å²) in [6.45, 7) is 4.48. The molecule has 3 heterocycles. The number of hydrogen-bond donors (Lipinski definition) is 1. The summed E-state index contributed by atoms with van der Waals surface area (Å²) in [4.78, 5) is 24.0. The van der Waals surface area contributed by atoms with E-state index in [4.69, 9.17) is 11.6 Å². The van der Waals surface area contributed by atoms with Gasteiger partial charge in [-0.05, 0) is 29.1 Å². The third-order valence-corrected chi connectivity index (χ3v) is 6.13. The zero-order chi connectivity index (χ0) is 18.8. The van der Waals surface area contributed by atoms with E-state index >= 15 is 0 Å². The Morgan fingerprint density at radius 3 is 2.89 bits per heavy atom. The van der Waals surface area contributed by atoms with Crippen LogP contribution in [-0.2, 0) is 12.3 Å². The third-order valence-electron chi connectivity index (χ3n) is 3.97. The lowest BCUT2D eigenvalue weighted by atomic mass is 10.2. The molecular weight excluding hydrogens is 400 g/mol. The number of imidazole rings is 1. The average Bonchev–Trinajstić information content (AvgIpc) is 3.29. The maximum atomic E-state index is 12.1. The molecule has 0 spiro atoms. The van der Waals surface area contributed by atoms with Crippen LogP contribution in [0, 0.1) is 0 Å². The van der Waals surface area contributed by atoms with E-state index < -0.39 is 0 Å². The van der Waals surface area contributed by atoms with Crippen LogP contribution in [0.2, 0.25) is 5.02 Å². The topological polar surface area (TPSA) is 63.6 Å². The number of fused-ring (bicyclic) bond motifs is 1. The maximum Gasteiger partial charge on any atom is 0.268 e. The molecule has 3 aromatic heterocycles. The number of nitrogens with one attached hydrogen (secondary N) is 1. The minimum absolute atomic E-state index is 0.0955. The van der Waals surface area contributed by atoms with Gasteiger partial charge >= 0.3 is 0 Å². The predicted octanol–water partition coefficient (Wildman–Crippen LogP) is 4.98. The fourth-order valence-electron chi connectivity index (χ4n) is 2.75. The lowest BCUT2D eigenvalue weighted by molar-refractivity contribution is 0.731. The monoisotopic (exact) mass is 414 g/mol. The summed E-state index contributed by atoms with van der Waals surface area (Å²) in [6.07, 6.45) is 3.68. The van der Waals surface area contributed by atoms with Crippen LogP contribution in [0.5, 0.6) is 0 Å². The molecule has 0 atom stereocenters. The smallest absolute Gasteiger partial charge is 0.268 e. The Kier molecular flexibility index (Phi) is 5.15. The first kappa shape index (κ1) is 18.0. The molecule has 0 aliphatic rings. The summed E-state index contributed by atoms with van der Waals surface area (Å²) in [5, 5.41) is 3.41. The van der Waals surface area contributed by atoms with Gasteiger partial charge in [0.05, 0.1) is 23.2 Å². The van der Waals surface area contributed by atoms with Crippen LogP contribution in [0.25, 0.3) is 21.5 Å². The minimum atomic E-state index is -0.0955. The fourth-order valence-corrected chi connectivity index (χ4v) is 4.46. The van der Waals surface area contributed by atoms with Gasteiger partial charge in [0.2, 0.25) is 0 Å². The molecular formula is C19H15ClN4OS2. The van der Waals surface area contributed by atoms with E-state index in [1.165, 1.54) is 23.1 Å². The molecule has 0 aliphatic heterocycles. The first-order valence-corrected chi connectivity index (χ1v) is 10.4. The van der Waals surface area contributed by atoms with Crippen LogP contribution in [-0.4, -0.2) is 19.5 Å². The summed E-state index contributed by atoms with van der Waals surface area (Å²) >= 11 is 8.92. The second-order valence-electron chi connectivity index (χ2n) is 5.77. The van der Waals surface area contributed by atoms with Crippen molar-refractivity contribution in [3.05, 3.63) is 75.8 Å². The second-order valence-corrected chi connectivity index (χ2v) is 8.06. The number of aromatic amines is 1. The average molecular weight is 415 g/mol. The number of hydrogen-bond acceptors (Lipinski definition) is 5. The van der Waals surface area contributed by atoms with Gasteiger partial charge in [-0.15, -0.1) is 17.9 Å². The van der Waals surface area contributed by atoms with E-state index in [2.05, 4.69) is 26.1 Å². The molecule has 0 amide bonds. The highest BCUT2D eigenvalue weighted by Gasteiger charge is 2.13. The van der Waals surface area contributed by atoms with Gasteiger partial charge in [0.25, 0.3) is 5.56 Å². The van der Waals surface area contributed by atoms with Crippen molar-refractivity contribution in [1.29, 1.82) is 0 Å². The molecule has 8 heteroatoms. The van der Waals surface area contributed by atoms with E-state index in [1.807, 2.05) is 48.0 Å². The Hall–Kier alpha value is -2.35. The van der Waals surface area contributed by atoms with E-state index in [1.54, 1.807) is 0 Å². The predicted molar refractivity (Wildman–Crippen MR) is 113 cm³/mol. The molecule has 0 fully saturated rings. The highest BCUT2D eigenvalue weighted by molar-refractivity contribution is 7.98. The Balaban J connectivity index is 1.62. The van der Waals surface area contributed by atoms with Crippen molar-refractivity contribution in [3.63, 3.8) is 0 Å². The minimum Gasteiger partial charge on any atom is -0.315 e. The van der Waals surface area contributed by atoms with Crippen LogP contribution >= 0.6 is 34.7 Å². The first-order valence-electron chi connectivity index (χ1n) is 8.17. The number of allylic oxidation sites excluding steroid dienone is 1. The standard InChI is InChI=1S/C19H15ClN4OS2/c1-2-8-24-15(12-3-5-13(20)6-4-12)10-21-19(24)27-11-16-22-14-7-9-26-17(14)18(25)23-16/h2-7,9-10H,1,8,11H2,(H,22,23,25). The number of halogens is 1. The fraction of sp³-hybridized carbons (Fsp3) is 0.105. The van der Waals surface area contributed by atoms with Gasteiger partial charge in [-0.25, -0.2) is 9.97 Å². The van der Waals surface area contributed by atoms with Crippen molar-refractivity contribution in [2.45, 2.75) is 17.5 Å². The lowest BCUT2D eigenvalue weighted by Crippen LogP contribution is -2.09. The highest BCUT2D eigenvalue weighted by Crippen LogP contribution is 2.28. The first-order chi connectivity index (χ1) is 13.2. The molecule has 27 heavy (non-hydrogen) atoms. The van der Waals surface area contributed by atoms with Gasteiger partial charge in [-0.3, -0.25) is 4.79 Å². The van der Waals surface area contributed by atoms with E-state index in [0.717, 1.165) is 21.9 Å². The molecule has 0 bridgehead atoms. The van der Waals surface area contributed by atoms with Crippen molar-refractivity contribution < 1.29 is 0 Å².